The van der Waals surface area contributed by atoms with Crippen molar-refractivity contribution in [2.45, 2.75) is 31.7 Å². The molecule has 1 aliphatic carbocycles. The van der Waals surface area contributed by atoms with E-state index in [2.05, 4.69) is 16.9 Å². The fraction of sp³-hybridized carbons (Fsp3) is 0.333. The first kappa shape index (κ1) is 25.0. The minimum absolute atomic E-state index is 0.0617. The Hall–Kier alpha value is -4.14. The highest BCUT2D eigenvalue weighted by Crippen LogP contribution is 2.43. The topological polar surface area (TPSA) is 115 Å². The molecule has 0 saturated heterocycles. The fourth-order valence-corrected chi connectivity index (χ4v) is 4.48. The number of carbonyl (C=O) groups excluding carboxylic acids is 2. The van der Waals surface area contributed by atoms with Gasteiger partial charge in [-0.05, 0) is 61.9 Å². The third-order valence-electron chi connectivity index (χ3n) is 6.57. The highest BCUT2D eigenvalue weighted by molar-refractivity contribution is 6.03. The van der Waals surface area contributed by atoms with E-state index >= 15 is 0 Å². The van der Waals surface area contributed by atoms with Gasteiger partial charge in [-0.15, -0.1) is 0 Å². The quantitative estimate of drug-likeness (QED) is 0.416. The molecule has 2 amide bonds. The van der Waals surface area contributed by atoms with Gasteiger partial charge in [0.2, 0.25) is 5.91 Å². The Bertz CT molecular complexity index is 1220. The number of amides is 2. The highest BCUT2D eigenvalue weighted by Gasteiger charge is 2.34. The number of ether oxygens (including phenoxy) is 1. The predicted octanol–water partition coefficient (Wildman–Crippen LogP) is 4.05. The number of nitrogen functional groups attached to an aromatic ring is 1. The van der Waals surface area contributed by atoms with E-state index in [0.717, 1.165) is 25.7 Å². The largest absolute Gasteiger partial charge is 0.456 e. The van der Waals surface area contributed by atoms with Crippen LogP contribution in [-0.2, 0) is 4.79 Å². The van der Waals surface area contributed by atoms with Gasteiger partial charge in [-0.2, -0.15) is 5.10 Å². The van der Waals surface area contributed by atoms with Crippen molar-refractivity contribution in [1.29, 1.82) is 0 Å². The van der Waals surface area contributed by atoms with Crippen LogP contribution in [0.2, 0.25) is 0 Å². The van der Waals surface area contributed by atoms with Gasteiger partial charge in [0, 0.05) is 20.6 Å². The van der Waals surface area contributed by atoms with E-state index in [-0.39, 0.29) is 17.9 Å². The highest BCUT2D eigenvalue weighted by atomic mass is 16.5. The number of likely N-dealkylation sites (N-methyl/N-ethyl adjacent to an activating group) is 1. The molecule has 188 valence electrons. The molecule has 0 aliphatic heterocycles. The van der Waals surface area contributed by atoms with Gasteiger partial charge in [0.1, 0.15) is 28.6 Å². The van der Waals surface area contributed by atoms with Crippen LogP contribution >= 0.6 is 0 Å². The predicted molar refractivity (Wildman–Crippen MR) is 139 cm³/mol. The van der Waals surface area contributed by atoms with Gasteiger partial charge in [-0.25, -0.2) is 4.68 Å². The SMILES string of the molecule is C=CC(=O)N(C)CCCC1CC(n2nc(-c3ccc(Oc4ccccc4)cn3)c(C(=O)NC)c2N)C1. The molecule has 0 unspecified atom stereocenters. The maximum Gasteiger partial charge on any atom is 0.257 e. The number of hydrogen-bond donors (Lipinski definition) is 2. The van der Waals surface area contributed by atoms with Gasteiger partial charge in [0.05, 0.1) is 17.9 Å². The molecule has 2 heterocycles. The van der Waals surface area contributed by atoms with E-state index in [1.54, 1.807) is 42.0 Å². The average molecular weight is 489 g/mol. The molecule has 9 nitrogen and oxygen atoms in total. The molecule has 0 bridgehead atoms. The van der Waals surface area contributed by atoms with Gasteiger partial charge in [-0.3, -0.25) is 14.6 Å². The van der Waals surface area contributed by atoms with E-state index in [0.29, 0.717) is 46.7 Å². The Kier molecular flexibility index (Phi) is 7.68. The molecule has 36 heavy (non-hydrogen) atoms. The molecule has 3 aromatic rings. The van der Waals surface area contributed by atoms with E-state index in [9.17, 15) is 9.59 Å². The van der Waals surface area contributed by atoms with E-state index in [1.165, 1.54) is 6.08 Å². The van der Waals surface area contributed by atoms with Crippen molar-refractivity contribution in [3.63, 3.8) is 0 Å². The van der Waals surface area contributed by atoms with E-state index in [1.807, 2.05) is 30.3 Å². The minimum atomic E-state index is -0.300. The average Bonchev–Trinajstić information content (AvgIpc) is 3.21. The van der Waals surface area contributed by atoms with E-state index in [4.69, 9.17) is 15.6 Å². The number of nitrogens with two attached hydrogens (primary N) is 1. The zero-order chi connectivity index (χ0) is 25.7. The van der Waals surface area contributed by atoms with E-state index < -0.39 is 0 Å². The van der Waals surface area contributed by atoms with Crippen molar-refractivity contribution in [3.8, 4) is 22.9 Å². The van der Waals surface area contributed by atoms with Crippen LogP contribution in [0.4, 0.5) is 5.82 Å². The number of carbonyl (C=O) groups is 2. The van der Waals surface area contributed by atoms with Crippen LogP contribution in [0.1, 0.15) is 42.1 Å². The van der Waals surface area contributed by atoms with Gasteiger partial charge in [-0.1, -0.05) is 24.8 Å². The smallest absolute Gasteiger partial charge is 0.257 e. The number of nitrogens with zero attached hydrogens (tertiary/aromatic N) is 4. The monoisotopic (exact) mass is 488 g/mol. The first-order valence-electron chi connectivity index (χ1n) is 12.1. The normalized spacial score (nSPS) is 16.6. The van der Waals surface area contributed by atoms with Crippen molar-refractivity contribution >= 4 is 17.6 Å². The number of hydrogen-bond acceptors (Lipinski definition) is 6. The van der Waals surface area contributed by atoms with Crippen LogP contribution in [-0.4, -0.2) is 52.1 Å². The molecular weight excluding hydrogens is 456 g/mol. The Balaban J connectivity index is 1.45. The molecule has 9 heteroatoms. The summed E-state index contributed by atoms with van der Waals surface area (Å²) in [5.41, 5.74) is 7.75. The number of aromatic nitrogens is 3. The molecule has 0 spiro atoms. The van der Waals surface area contributed by atoms with Gasteiger partial charge >= 0.3 is 0 Å². The first-order valence-corrected chi connectivity index (χ1v) is 12.1. The lowest BCUT2D eigenvalue weighted by atomic mass is 9.77. The van der Waals surface area contributed by atoms with Crippen molar-refractivity contribution in [2.24, 2.45) is 5.92 Å². The summed E-state index contributed by atoms with van der Waals surface area (Å²) in [4.78, 5) is 30.5. The molecule has 1 aromatic carbocycles. The zero-order valence-electron chi connectivity index (χ0n) is 20.7. The molecule has 1 saturated carbocycles. The second-order valence-corrected chi connectivity index (χ2v) is 9.02. The van der Waals surface area contributed by atoms with Crippen LogP contribution in [0.15, 0.2) is 61.3 Å². The minimum Gasteiger partial charge on any atom is -0.456 e. The number of nitrogens with one attached hydrogen (secondary N) is 1. The Morgan fingerprint density at radius 2 is 1.97 bits per heavy atom. The summed E-state index contributed by atoms with van der Waals surface area (Å²) < 4.78 is 7.59. The van der Waals surface area contributed by atoms with Crippen molar-refractivity contribution in [3.05, 3.63) is 66.9 Å². The summed E-state index contributed by atoms with van der Waals surface area (Å²) in [6.45, 7) is 4.23. The Morgan fingerprint density at radius 1 is 1.22 bits per heavy atom. The summed E-state index contributed by atoms with van der Waals surface area (Å²) in [6, 6.07) is 13.2. The van der Waals surface area contributed by atoms with Crippen LogP contribution in [0.25, 0.3) is 11.4 Å². The number of rotatable bonds is 10. The van der Waals surface area contributed by atoms with Crippen LogP contribution in [0.3, 0.4) is 0 Å². The van der Waals surface area contributed by atoms with Gasteiger partial charge in [0.15, 0.2) is 0 Å². The molecule has 3 N–H and O–H groups in total. The van der Waals surface area contributed by atoms with Crippen molar-refractivity contribution in [1.82, 2.24) is 25.0 Å². The standard InChI is InChI=1S/C27H32N6O3/c1-4-23(34)32(3)14-8-9-18-15-19(16-18)33-26(28)24(27(35)29-2)25(31-33)22-13-12-21(17-30-22)36-20-10-6-5-7-11-20/h4-7,10-13,17-19H,1,8-9,14-16,28H2,2-3H3,(H,29,35). The summed E-state index contributed by atoms with van der Waals surface area (Å²) in [5.74, 6) is 1.81. The first-order chi connectivity index (χ1) is 17.4. The van der Waals surface area contributed by atoms with Crippen LogP contribution < -0.4 is 15.8 Å². The lowest BCUT2D eigenvalue weighted by Gasteiger charge is -2.36. The lowest BCUT2D eigenvalue weighted by molar-refractivity contribution is -0.124. The summed E-state index contributed by atoms with van der Waals surface area (Å²) in [6.07, 6.45) is 6.74. The molecule has 1 aliphatic rings. The number of pyridine rings is 1. The maximum atomic E-state index is 12.7. The Labute approximate surface area is 211 Å². The molecule has 4 rings (SSSR count). The second kappa shape index (κ2) is 11.1. The number of benzene rings is 1. The molecular formula is C27H32N6O3. The Morgan fingerprint density at radius 3 is 2.61 bits per heavy atom. The molecule has 1 fully saturated rings. The van der Waals surface area contributed by atoms with Crippen LogP contribution in [0, 0.1) is 5.92 Å². The number of anilines is 1. The van der Waals surface area contributed by atoms with Gasteiger partial charge in [0.25, 0.3) is 5.91 Å². The van der Waals surface area contributed by atoms with Gasteiger partial charge < -0.3 is 20.7 Å². The fourth-order valence-electron chi connectivity index (χ4n) is 4.48. The van der Waals surface area contributed by atoms with Crippen molar-refractivity contribution < 1.29 is 14.3 Å². The third kappa shape index (κ3) is 5.40. The third-order valence-corrected chi connectivity index (χ3v) is 6.57. The lowest BCUT2D eigenvalue weighted by Crippen LogP contribution is -2.30. The maximum absolute atomic E-state index is 12.7. The van der Waals surface area contributed by atoms with Crippen molar-refractivity contribution in [2.75, 3.05) is 26.4 Å². The van der Waals surface area contributed by atoms with Crippen LogP contribution in [0.5, 0.6) is 11.5 Å². The molecule has 0 atom stereocenters. The molecule has 0 radical (unpaired) electrons. The zero-order valence-corrected chi connectivity index (χ0v) is 20.7. The second-order valence-electron chi connectivity index (χ2n) is 9.02. The summed E-state index contributed by atoms with van der Waals surface area (Å²) >= 11 is 0. The molecule has 2 aromatic heterocycles. The summed E-state index contributed by atoms with van der Waals surface area (Å²) in [5, 5.41) is 7.39. The summed E-state index contributed by atoms with van der Waals surface area (Å²) in [7, 11) is 3.36. The number of para-hydroxylation sites is 1.